The lowest BCUT2D eigenvalue weighted by molar-refractivity contribution is 0.564. The van der Waals surface area contributed by atoms with Gasteiger partial charge in [-0.15, -0.1) is 0 Å². The van der Waals surface area contributed by atoms with Crippen LogP contribution >= 0.6 is 0 Å². The Hall–Kier alpha value is -2.80. The van der Waals surface area contributed by atoms with E-state index in [1.54, 1.807) is 5.46 Å². The van der Waals surface area contributed by atoms with E-state index >= 15 is 0 Å². The summed E-state index contributed by atoms with van der Waals surface area (Å²) >= 11 is 0. The Balaban J connectivity index is 1.68. The Morgan fingerprint density at radius 2 is 1.44 bits per heavy atom. The normalized spacial score (nSPS) is 20.0. The molecule has 1 heterocycles. The Bertz CT molecular complexity index is 1380. The van der Waals surface area contributed by atoms with E-state index < -0.39 is 0 Å². The summed E-state index contributed by atoms with van der Waals surface area (Å²) in [5, 5.41) is 3.53. The molecule has 32 heavy (non-hydrogen) atoms. The molecule has 0 amide bonds. The molecule has 1 atom stereocenters. The van der Waals surface area contributed by atoms with Crippen LogP contribution in [-0.4, -0.2) is 6.71 Å². The van der Waals surface area contributed by atoms with Gasteiger partial charge < -0.3 is 0 Å². The van der Waals surface area contributed by atoms with Crippen LogP contribution in [0.25, 0.3) is 44.2 Å². The van der Waals surface area contributed by atoms with Crippen LogP contribution in [0.1, 0.15) is 46.6 Å². The SMILES string of the molecule is CCc1c(-c2ccccc2)cc2cccc3c2c1-c1cccc(B2C(C)(C)C2(C)CC)c1-3. The van der Waals surface area contributed by atoms with Gasteiger partial charge in [-0.1, -0.05) is 119 Å². The average molecular weight is 414 g/mol. The molecule has 0 aromatic heterocycles. The summed E-state index contributed by atoms with van der Waals surface area (Å²) in [5.41, 5.74) is 11.6. The molecular weight excluding hydrogens is 383 g/mol. The molecule has 1 aliphatic heterocycles. The van der Waals surface area contributed by atoms with Gasteiger partial charge in [-0.25, -0.2) is 0 Å². The first-order valence-corrected chi connectivity index (χ1v) is 12.2. The van der Waals surface area contributed by atoms with Crippen LogP contribution in [-0.2, 0) is 6.42 Å². The van der Waals surface area contributed by atoms with Crippen LogP contribution in [0, 0.1) is 0 Å². The van der Waals surface area contributed by atoms with Gasteiger partial charge in [0.05, 0.1) is 0 Å². The summed E-state index contributed by atoms with van der Waals surface area (Å²) in [6, 6.07) is 27.4. The average Bonchev–Trinajstić information content (AvgIpc) is 3.08. The van der Waals surface area contributed by atoms with Gasteiger partial charge in [-0.05, 0) is 67.5 Å². The zero-order valence-electron chi connectivity index (χ0n) is 19.9. The highest BCUT2D eigenvalue weighted by Gasteiger charge is 2.70. The van der Waals surface area contributed by atoms with Crippen LogP contribution in [0.15, 0.2) is 72.8 Å². The molecule has 1 heteroatoms. The van der Waals surface area contributed by atoms with Crippen LogP contribution in [0.2, 0.25) is 10.6 Å². The number of hydrogen-bond acceptors (Lipinski definition) is 0. The molecule has 4 aromatic rings. The molecule has 0 spiro atoms. The van der Waals surface area contributed by atoms with Crippen molar-refractivity contribution in [3.63, 3.8) is 0 Å². The third kappa shape index (κ3) is 2.35. The maximum atomic E-state index is 2.49. The maximum absolute atomic E-state index is 2.49. The van der Waals surface area contributed by atoms with E-state index in [0.29, 0.717) is 17.3 Å². The number of hydrogen-bond donors (Lipinski definition) is 0. The maximum Gasteiger partial charge on any atom is 0.188 e. The molecule has 158 valence electrons. The molecular formula is C31H31B. The van der Waals surface area contributed by atoms with Gasteiger partial charge in [-0.3, -0.25) is 0 Å². The van der Waals surface area contributed by atoms with E-state index in [-0.39, 0.29) is 0 Å². The fraction of sp³-hybridized carbons (Fsp3) is 0.290. The van der Waals surface area contributed by atoms with E-state index in [1.165, 1.54) is 56.1 Å². The smallest absolute Gasteiger partial charge is 0.0706 e. The molecule has 0 nitrogen and oxygen atoms in total. The standard InChI is InChI=1S/C31H31B/c1-6-22-25(20-13-9-8-10-14-20)19-21-15-11-16-23-27(21)29(22)24-17-12-18-26(28(23)24)32-30(3,4)31(32,5)7-2/h8-19H,6-7H2,1-5H3. The second-order valence-electron chi connectivity index (χ2n) is 10.6. The van der Waals surface area contributed by atoms with Crippen molar-refractivity contribution in [3.8, 4) is 33.4 Å². The van der Waals surface area contributed by atoms with Gasteiger partial charge >= 0.3 is 0 Å². The van der Waals surface area contributed by atoms with Gasteiger partial charge in [-0.2, -0.15) is 0 Å². The predicted octanol–water partition coefficient (Wildman–Crippen LogP) is 8.38. The fourth-order valence-electron chi connectivity index (χ4n) is 7.03. The van der Waals surface area contributed by atoms with E-state index in [9.17, 15) is 0 Å². The highest BCUT2D eigenvalue weighted by Crippen LogP contribution is 2.76. The molecule has 1 fully saturated rings. The summed E-state index contributed by atoms with van der Waals surface area (Å²) < 4.78 is 0. The lowest BCUT2D eigenvalue weighted by Gasteiger charge is -2.16. The predicted molar refractivity (Wildman–Crippen MR) is 141 cm³/mol. The van der Waals surface area contributed by atoms with Crippen LogP contribution < -0.4 is 5.46 Å². The van der Waals surface area contributed by atoms with Gasteiger partial charge in [0.2, 0.25) is 0 Å². The number of fused-ring (bicyclic) bond motifs is 3. The lowest BCUT2D eigenvalue weighted by Crippen LogP contribution is -2.23. The van der Waals surface area contributed by atoms with Gasteiger partial charge in [0.15, 0.2) is 6.71 Å². The van der Waals surface area contributed by atoms with Crippen LogP contribution in [0.4, 0.5) is 0 Å². The van der Waals surface area contributed by atoms with Crippen molar-refractivity contribution in [2.24, 2.45) is 0 Å². The third-order valence-corrected chi connectivity index (χ3v) is 9.14. The van der Waals surface area contributed by atoms with Crippen LogP contribution in [0.5, 0.6) is 0 Å². The van der Waals surface area contributed by atoms with Gasteiger partial charge in [0.25, 0.3) is 0 Å². The first kappa shape index (κ1) is 19.9. The van der Waals surface area contributed by atoms with E-state index in [0.717, 1.165) is 6.42 Å². The largest absolute Gasteiger partial charge is 0.188 e. The number of rotatable bonds is 4. The van der Waals surface area contributed by atoms with Crippen molar-refractivity contribution in [2.45, 2.75) is 58.1 Å². The second kappa shape index (κ2) is 6.61. The fourth-order valence-corrected chi connectivity index (χ4v) is 7.03. The minimum Gasteiger partial charge on any atom is -0.0706 e. The van der Waals surface area contributed by atoms with E-state index in [4.69, 9.17) is 0 Å². The summed E-state index contributed by atoms with van der Waals surface area (Å²) in [7, 11) is 0. The Morgan fingerprint density at radius 1 is 0.719 bits per heavy atom. The lowest BCUT2D eigenvalue weighted by atomic mass is 9.50. The van der Waals surface area contributed by atoms with E-state index in [2.05, 4.69) is 107 Å². The highest BCUT2D eigenvalue weighted by molar-refractivity contribution is 6.91. The van der Waals surface area contributed by atoms with Crippen molar-refractivity contribution in [2.75, 3.05) is 0 Å². The van der Waals surface area contributed by atoms with Crippen molar-refractivity contribution >= 4 is 22.9 Å². The first-order valence-electron chi connectivity index (χ1n) is 12.2. The second-order valence-corrected chi connectivity index (χ2v) is 10.6. The van der Waals surface area contributed by atoms with Crippen molar-refractivity contribution in [3.05, 3.63) is 78.4 Å². The Morgan fingerprint density at radius 3 is 2.12 bits per heavy atom. The minimum absolute atomic E-state index is 0.336. The van der Waals surface area contributed by atoms with E-state index in [1.807, 2.05) is 0 Å². The number of benzene rings is 4. The third-order valence-electron chi connectivity index (χ3n) is 9.14. The summed E-state index contributed by atoms with van der Waals surface area (Å²) in [6.07, 6.45) is 2.26. The van der Waals surface area contributed by atoms with Gasteiger partial charge in [0, 0.05) is 0 Å². The van der Waals surface area contributed by atoms with Crippen LogP contribution in [0.3, 0.4) is 0 Å². The van der Waals surface area contributed by atoms with Crippen molar-refractivity contribution in [1.29, 1.82) is 0 Å². The molecule has 0 bridgehead atoms. The molecule has 1 saturated heterocycles. The molecule has 1 aliphatic carbocycles. The molecule has 4 aromatic carbocycles. The Kier molecular flexibility index (Phi) is 4.10. The summed E-state index contributed by atoms with van der Waals surface area (Å²) in [4.78, 5) is 0. The zero-order valence-corrected chi connectivity index (χ0v) is 19.9. The summed E-state index contributed by atoms with van der Waals surface area (Å²) in [6.45, 7) is 12.7. The molecule has 0 radical (unpaired) electrons. The molecule has 0 saturated carbocycles. The molecule has 6 rings (SSSR count). The quantitative estimate of drug-likeness (QED) is 0.259. The minimum atomic E-state index is 0.336. The monoisotopic (exact) mass is 414 g/mol. The van der Waals surface area contributed by atoms with Crippen molar-refractivity contribution < 1.29 is 0 Å². The van der Waals surface area contributed by atoms with Gasteiger partial charge in [0.1, 0.15) is 0 Å². The molecule has 2 aliphatic rings. The molecule has 1 unspecified atom stereocenters. The molecule has 0 N–H and O–H groups in total. The summed E-state index contributed by atoms with van der Waals surface area (Å²) in [5.74, 6) is 0. The zero-order chi connectivity index (χ0) is 22.3. The van der Waals surface area contributed by atoms with Crippen molar-refractivity contribution in [1.82, 2.24) is 0 Å². The topological polar surface area (TPSA) is 0 Å². The highest BCUT2D eigenvalue weighted by atomic mass is 14.5. The first-order chi connectivity index (χ1) is 15.4. The Labute approximate surface area is 192 Å².